The van der Waals surface area contributed by atoms with Gasteiger partial charge < -0.3 is 0 Å². The van der Waals surface area contributed by atoms with E-state index in [1.54, 1.807) is 0 Å². The summed E-state index contributed by atoms with van der Waals surface area (Å²) >= 11 is 0. The highest BCUT2D eigenvalue weighted by Crippen LogP contribution is 1.98. The zero-order valence-corrected chi connectivity index (χ0v) is 4.09. The van der Waals surface area contributed by atoms with Crippen LogP contribution in [-0.4, -0.2) is 6.54 Å². The van der Waals surface area contributed by atoms with E-state index >= 15 is 0 Å². The Morgan fingerprint density at radius 1 is 2.00 bits per heavy atom. The van der Waals surface area contributed by atoms with Crippen LogP contribution in [0.5, 0.6) is 0 Å². The maximum atomic E-state index is 10.9. The molecule has 32 valence electrons. The molecule has 0 aromatic carbocycles. The van der Waals surface area contributed by atoms with Gasteiger partial charge in [-0.3, -0.25) is 5.09 Å². The molecule has 0 amide bonds. The molecule has 0 aliphatic rings. The molecule has 0 aromatic heterocycles. The molecule has 3 heteroatoms. The van der Waals surface area contributed by atoms with Gasteiger partial charge in [0.05, 0.1) is 0 Å². The summed E-state index contributed by atoms with van der Waals surface area (Å²) in [5, 5.41) is 2.47. The van der Waals surface area contributed by atoms with E-state index < -0.39 is 9.04 Å². The average molecular weight is 95.1 g/mol. The van der Waals surface area contributed by atoms with Crippen LogP contribution in [0.1, 0.15) is 6.92 Å². The van der Waals surface area contributed by atoms with Crippen LogP contribution in [0.3, 0.4) is 0 Å². The van der Waals surface area contributed by atoms with E-state index in [1.807, 2.05) is 6.92 Å². The Balaban J connectivity index is 2.19. The highest BCUT2D eigenvalue weighted by Gasteiger charge is 1.66. The molecule has 0 fully saturated rings. The lowest BCUT2D eigenvalue weighted by molar-refractivity contribution is 0.867. The standard InChI is InChI=1S/C2H7FNP/c1-2-4-5-3/h4-5H,2H2,1H3. The molecule has 1 unspecified atom stereocenters. The third-order valence-electron chi connectivity index (χ3n) is 0.244. The number of rotatable bonds is 2. The van der Waals surface area contributed by atoms with E-state index in [1.165, 1.54) is 0 Å². The summed E-state index contributed by atoms with van der Waals surface area (Å²) in [4.78, 5) is 0. The highest BCUT2D eigenvalue weighted by molar-refractivity contribution is 7.29. The Labute approximate surface area is 32.9 Å². The Morgan fingerprint density at radius 2 is 2.60 bits per heavy atom. The van der Waals surface area contributed by atoms with Crippen LogP contribution in [0.4, 0.5) is 4.20 Å². The predicted octanol–water partition coefficient (Wildman–Crippen LogP) is 1.07. The topological polar surface area (TPSA) is 12.0 Å². The second kappa shape index (κ2) is 4.32. The molecule has 5 heavy (non-hydrogen) atoms. The molecule has 0 aliphatic heterocycles. The van der Waals surface area contributed by atoms with Crippen molar-refractivity contribution in [2.45, 2.75) is 6.92 Å². The normalized spacial score (nSPS) is 10.8. The van der Waals surface area contributed by atoms with Crippen molar-refractivity contribution in [1.82, 2.24) is 5.09 Å². The maximum absolute atomic E-state index is 10.9. The van der Waals surface area contributed by atoms with Crippen molar-refractivity contribution >= 4 is 9.04 Å². The molecule has 0 aliphatic carbocycles. The molecular weight excluding hydrogens is 88.0 g/mol. The average Bonchev–Trinajstić information content (AvgIpc) is 1.41. The first-order valence-electron chi connectivity index (χ1n) is 1.50. The van der Waals surface area contributed by atoms with Gasteiger partial charge in [0.2, 0.25) is 0 Å². The quantitative estimate of drug-likeness (QED) is 0.506. The van der Waals surface area contributed by atoms with Gasteiger partial charge in [0, 0.05) is 0 Å². The number of hydrogen-bond donors (Lipinski definition) is 1. The monoisotopic (exact) mass is 95.0 g/mol. The first-order valence-corrected chi connectivity index (χ1v) is 2.38. The fraction of sp³-hybridized carbons (Fsp3) is 1.00. The summed E-state index contributed by atoms with van der Waals surface area (Å²) in [6.07, 6.45) is 0. The largest absolute Gasteiger partial charge is 0.272 e. The van der Waals surface area contributed by atoms with Gasteiger partial charge in [-0.05, 0) is 6.54 Å². The van der Waals surface area contributed by atoms with Gasteiger partial charge in [0.25, 0.3) is 0 Å². The molecule has 0 bridgehead atoms. The molecule has 1 nitrogen and oxygen atoms in total. The summed E-state index contributed by atoms with van der Waals surface area (Å²) < 4.78 is 10.9. The van der Waals surface area contributed by atoms with Crippen molar-refractivity contribution in [2.75, 3.05) is 6.54 Å². The van der Waals surface area contributed by atoms with E-state index in [-0.39, 0.29) is 0 Å². The molecule has 0 heterocycles. The summed E-state index contributed by atoms with van der Waals surface area (Å²) in [5.74, 6) is 0. The zero-order chi connectivity index (χ0) is 4.12. The Kier molecular flexibility index (Phi) is 4.60. The van der Waals surface area contributed by atoms with Crippen molar-refractivity contribution in [3.05, 3.63) is 0 Å². The first-order chi connectivity index (χ1) is 2.41. The Bertz CT molecular complexity index is 17.1. The second-order valence-electron chi connectivity index (χ2n) is 0.625. The van der Waals surface area contributed by atoms with Crippen molar-refractivity contribution in [1.29, 1.82) is 0 Å². The minimum Gasteiger partial charge on any atom is -0.272 e. The van der Waals surface area contributed by atoms with Crippen molar-refractivity contribution < 1.29 is 4.20 Å². The molecule has 0 aromatic rings. The van der Waals surface area contributed by atoms with Gasteiger partial charge in [-0.15, -0.1) is 0 Å². The summed E-state index contributed by atoms with van der Waals surface area (Å²) in [7, 11) is -0.592. The summed E-state index contributed by atoms with van der Waals surface area (Å²) in [6.45, 7) is 2.60. The van der Waals surface area contributed by atoms with Crippen LogP contribution in [-0.2, 0) is 0 Å². The fourth-order valence-corrected chi connectivity index (χ4v) is 0.200. The third-order valence-corrected chi connectivity index (χ3v) is 0.731. The SMILES string of the molecule is CCNPF. The molecule has 0 rings (SSSR count). The van der Waals surface area contributed by atoms with Crippen LogP contribution in [0.2, 0.25) is 0 Å². The van der Waals surface area contributed by atoms with Crippen molar-refractivity contribution in [3.63, 3.8) is 0 Å². The van der Waals surface area contributed by atoms with Gasteiger partial charge in [0.15, 0.2) is 0 Å². The lowest BCUT2D eigenvalue weighted by Crippen LogP contribution is -1.93. The molecule has 0 saturated carbocycles. The van der Waals surface area contributed by atoms with E-state index in [9.17, 15) is 4.20 Å². The summed E-state index contributed by atoms with van der Waals surface area (Å²) in [6, 6.07) is 0. The second-order valence-corrected chi connectivity index (χ2v) is 1.17. The minimum atomic E-state index is -0.592. The predicted molar refractivity (Wildman–Crippen MR) is 23.1 cm³/mol. The fourth-order valence-electron chi connectivity index (χ4n) is 0.0668. The van der Waals surface area contributed by atoms with Crippen LogP contribution >= 0.6 is 9.04 Å². The van der Waals surface area contributed by atoms with Gasteiger partial charge in [-0.2, -0.15) is 0 Å². The number of halogens is 1. The van der Waals surface area contributed by atoms with Crippen LogP contribution in [0, 0.1) is 0 Å². The molecular formula is C2H7FNP. The van der Waals surface area contributed by atoms with Gasteiger partial charge >= 0.3 is 0 Å². The van der Waals surface area contributed by atoms with E-state index in [4.69, 9.17) is 0 Å². The minimum absolute atomic E-state index is 0.592. The van der Waals surface area contributed by atoms with Crippen LogP contribution in [0.25, 0.3) is 0 Å². The molecule has 1 atom stereocenters. The van der Waals surface area contributed by atoms with Crippen LogP contribution in [0.15, 0.2) is 0 Å². The Morgan fingerprint density at radius 3 is 2.60 bits per heavy atom. The molecule has 1 N–H and O–H groups in total. The van der Waals surface area contributed by atoms with Crippen LogP contribution < -0.4 is 5.09 Å². The zero-order valence-electron chi connectivity index (χ0n) is 3.09. The van der Waals surface area contributed by atoms with E-state index in [0.717, 1.165) is 6.54 Å². The first kappa shape index (κ1) is 5.32. The van der Waals surface area contributed by atoms with Gasteiger partial charge in [-0.25, -0.2) is 4.20 Å². The molecule has 0 spiro atoms. The maximum Gasteiger partial charge on any atom is 0.139 e. The van der Waals surface area contributed by atoms with Gasteiger partial charge in [0.1, 0.15) is 9.04 Å². The molecule has 0 radical (unpaired) electrons. The smallest absolute Gasteiger partial charge is 0.139 e. The molecule has 0 saturated heterocycles. The number of hydrogen-bond acceptors (Lipinski definition) is 1. The number of nitrogens with one attached hydrogen (secondary N) is 1. The van der Waals surface area contributed by atoms with E-state index in [0.29, 0.717) is 0 Å². The van der Waals surface area contributed by atoms with E-state index in [2.05, 4.69) is 5.09 Å². The van der Waals surface area contributed by atoms with Crippen molar-refractivity contribution in [2.24, 2.45) is 0 Å². The summed E-state index contributed by atoms with van der Waals surface area (Å²) in [5.41, 5.74) is 0. The highest BCUT2D eigenvalue weighted by atomic mass is 31.1. The lowest BCUT2D eigenvalue weighted by atomic mass is 10.8. The van der Waals surface area contributed by atoms with Crippen molar-refractivity contribution in [3.8, 4) is 0 Å². The Hall–Kier alpha value is 0.320. The lowest BCUT2D eigenvalue weighted by Gasteiger charge is -1.82. The van der Waals surface area contributed by atoms with Gasteiger partial charge in [-0.1, -0.05) is 6.92 Å². The third kappa shape index (κ3) is 4.32.